The number of hydrogen-bond acceptors (Lipinski definition) is 4. The maximum Gasteiger partial charge on any atom is 0.416 e. The van der Waals surface area contributed by atoms with E-state index in [1.807, 2.05) is 54.3 Å². The van der Waals surface area contributed by atoms with Crippen molar-refractivity contribution in [2.45, 2.75) is 51.6 Å². The second kappa shape index (κ2) is 12.6. The van der Waals surface area contributed by atoms with Crippen LogP contribution in [0.2, 0.25) is 0 Å². The van der Waals surface area contributed by atoms with Crippen LogP contribution in [0.5, 0.6) is 0 Å². The lowest BCUT2D eigenvalue weighted by Gasteiger charge is -2.38. The lowest BCUT2D eigenvalue weighted by molar-refractivity contribution is -0.137. The highest BCUT2D eigenvalue weighted by Crippen LogP contribution is 2.31. The van der Waals surface area contributed by atoms with E-state index in [2.05, 4.69) is 20.2 Å². The molecule has 214 valence electrons. The predicted molar refractivity (Wildman–Crippen MR) is 151 cm³/mol. The zero-order valence-electron chi connectivity index (χ0n) is 22.9. The summed E-state index contributed by atoms with van der Waals surface area (Å²) in [6.45, 7) is 5.12. The predicted octanol–water partition coefficient (Wildman–Crippen LogP) is 6.18. The number of halogens is 3. The van der Waals surface area contributed by atoms with Gasteiger partial charge in [0.15, 0.2) is 0 Å². The molecule has 7 nitrogen and oxygen atoms in total. The third-order valence-electron chi connectivity index (χ3n) is 7.49. The van der Waals surface area contributed by atoms with Gasteiger partial charge in [-0.1, -0.05) is 42.5 Å². The summed E-state index contributed by atoms with van der Waals surface area (Å²) in [5.41, 5.74) is 3.77. The maximum atomic E-state index is 13.4. The van der Waals surface area contributed by atoms with E-state index in [1.165, 1.54) is 12.1 Å². The van der Waals surface area contributed by atoms with Crippen LogP contribution in [0.25, 0.3) is 11.4 Å². The Morgan fingerprint density at radius 3 is 2.34 bits per heavy atom. The van der Waals surface area contributed by atoms with Gasteiger partial charge in [0, 0.05) is 62.4 Å². The lowest BCUT2D eigenvalue weighted by Crippen LogP contribution is -2.50. The topological polar surface area (TPSA) is 77.2 Å². The zero-order valence-corrected chi connectivity index (χ0v) is 22.9. The molecule has 2 aromatic heterocycles. The number of imidazole rings is 1. The standard InChI is InChI=1S/C31H33F3N6O/c1-22-28(38-29(37-22)25-7-9-26(10-8-25)31(32,33)34)21-39-17-13-27(14-18-39)40(20-24-5-3-2-4-6-24)30(41)36-19-23-11-15-35-16-12-23/h2-12,15-16,27H,13-14,17-21H2,1H3,(H,36,41)(H,37,38). The Morgan fingerprint density at radius 2 is 1.68 bits per heavy atom. The zero-order chi connectivity index (χ0) is 28.8. The molecule has 0 bridgehead atoms. The molecule has 41 heavy (non-hydrogen) atoms. The van der Waals surface area contributed by atoms with Crippen molar-refractivity contribution in [3.8, 4) is 11.4 Å². The summed E-state index contributed by atoms with van der Waals surface area (Å²) in [6.07, 6.45) is 0.709. The monoisotopic (exact) mass is 562 g/mol. The van der Waals surface area contributed by atoms with Crippen LogP contribution in [0.3, 0.4) is 0 Å². The smallest absolute Gasteiger partial charge is 0.342 e. The highest BCUT2D eigenvalue weighted by molar-refractivity contribution is 5.74. The summed E-state index contributed by atoms with van der Waals surface area (Å²) in [7, 11) is 0. The molecular weight excluding hydrogens is 529 g/mol. The number of amides is 2. The average Bonchev–Trinajstić information content (AvgIpc) is 3.35. The van der Waals surface area contributed by atoms with Crippen LogP contribution in [-0.4, -0.2) is 49.9 Å². The van der Waals surface area contributed by atoms with Crippen LogP contribution in [0.1, 0.15) is 40.9 Å². The fourth-order valence-electron chi connectivity index (χ4n) is 5.13. The van der Waals surface area contributed by atoms with Crippen molar-refractivity contribution in [1.29, 1.82) is 0 Å². The quantitative estimate of drug-likeness (QED) is 0.269. The fraction of sp³-hybridized carbons (Fsp3) is 0.323. The van der Waals surface area contributed by atoms with E-state index in [0.29, 0.717) is 31.0 Å². The van der Waals surface area contributed by atoms with Gasteiger partial charge in [-0.3, -0.25) is 9.88 Å². The van der Waals surface area contributed by atoms with Crippen LogP contribution >= 0.6 is 0 Å². The number of carbonyl (C=O) groups is 1. The third-order valence-corrected chi connectivity index (χ3v) is 7.49. The van der Waals surface area contributed by atoms with Crippen LogP contribution in [0, 0.1) is 6.92 Å². The Morgan fingerprint density at radius 1 is 1.00 bits per heavy atom. The highest BCUT2D eigenvalue weighted by atomic mass is 19.4. The van der Waals surface area contributed by atoms with Gasteiger partial charge in [0.05, 0.1) is 11.3 Å². The first-order valence-corrected chi connectivity index (χ1v) is 13.7. The minimum Gasteiger partial charge on any atom is -0.342 e. The number of aryl methyl sites for hydroxylation is 1. The van der Waals surface area contributed by atoms with Gasteiger partial charge in [-0.05, 0) is 55.2 Å². The van der Waals surface area contributed by atoms with Crippen LogP contribution in [-0.2, 0) is 25.8 Å². The minimum absolute atomic E-state index is 0.0894. The number of nitrogens with zero attached hydrogens (tertiary/aromatic N) is 4. The van der Waals surface area contributed by atoms with Crippen molar-refractivity contribution < 1.29 is 18.0 Å². The number of aromatic amines is 1. The summed E-state index contributed by atoms with van der Waals surface area (Å²) >= 11 is 0. The molecular formula is C31H33F3N6O. The van der Waals surface area contributed by atoms with Crippen molar-refractivity contribution in [3.05, 3.63) is 107 Å². The second-order valence-electron chi connectivity index (χ2n) is 10.4. The van der Waals surface area contributed by atoms with Gasteiger partial charge in [-0.2, -0.15) is 13.2 Å². The number of H-pyrrole nitrogens is 1. The molecule has 2 aromatic carbocycles. The molecule has 0 spiro atoms. The molecule has 4 aromatic rings. The Bertz CT molecular complexity index is 1420. The SMILES string of the molecule is Cc1[nH]c(-c2ccc(C(F)(F)F)cc2)nc1CN1CCC(N(Cc2ccccc2)C(=O)NCc2ccncc2)CC1. The van der Waals surface area contributed by atoms with E-state index in [4.69, 9.17) is 4.98 Å². The number of benzene rings is 2. The largest absolute Gasteiger partial charge is 0.416 e. The molecule has 0 saturated carbocycles. The number of rotatable bonds is 8. The molecule has 5 rings (SSSR count). The molecule has 1 saturated heterocycles. The molecule has 3 heterocycles. The number of carbonyl (C=O) groups excluding carboxylic acids is 1. The Balaban J connectivity index is 1.21. The first kappa shape index (κ1) is 28.4. The number of nitrogens with one attached hydrogen (secondary N) is 2. The van der Waals surface area contributed by atoms with Crippen molar-refractivity contribution in [3.63, 3.8) is 0 Å². The average molecular weight is 563 g/mol. The van der Waals surface area contributed by atoms with Crippen molar-refractivity contribution in [1.82, 2.24) is 30.1 Å². The van der Waals surface area contributed by atoms with E-state index >= 15 is 0 Å². The van der Waals surface area contributed by atoms with Gasteiger partial charge in [-0.15, -0.1) is 0 Å². The molecule has 0 radical (unpaired) electrons. The Kier molecular flexibility index (Phi) is 8.68. The molecule has 1 aliphatic rings. The molecule has 1 fully saturated rings. The van der Waals surface area contributed by atoms with Gasteiger partial charge in [0.25, 0.3) is 0 Å². The van der Waals surface area contributed by atoms with E-state index in [9.17, 15) is 18.0 Å². The van der Waals surface area contributed by atoms with Crippen LogP contribution in [0.4, 0.5) is 18.0 Å². The van der Waals surface area contributed by atoms with E-state index < -0.39 is 11.7 Å². The number of hydrogen-bond donors (Lipinski definition) is 2. The third kappa shape index (κ3) is 7.32. The van der Waals surface area contributed by atoms with Crippen molar-refractivity contribution in [2.24, 2.45) is 0 Å². The van der Waals surface area contributed by atoms with Crippen LogP contribution < -0.4 is 5.32 Å². The number of urea groups is 1. The fourth-order valence-corrected chi connectivity index (χ4v) is 5.13. The molecule has 0 unspecified atom stereocenters. The van der Waals surface area contributed by atoms with Gasteiger partial charge < -0.3 is 15.2 Å². The van der Waals surface area contributed by atoms with Gasteiger partial charge in [0.1, 0.15) is 5.82 Å². The molecule has 10 heteroatoms. The first-order chi connectivity index (χ1) is 19.8. The Hall–Kier alpha value is -4.18. The number of piperidine rings is 1. The summed E-state index contributed by atoms with van der Waals surface area (Å²) < 4.78 is 38.8. The van der Waals surface area contributed by atoms with E-state index in [-0.39, 0.29) is 12.1 Å². The summed E-state index contributed by atoms with van der Waals surface area (Å²) in [4.78, 5) is 29.6. The van der Waals surface area contributed by atoms with Gasteiger partial charge in [-0.25, -0.2) is 9.78 Å². The minimum atomic E-state index is -4.37. The molecule has 1 aliphatic heterocycles. The van der Waals surface area contributed by atoms with E-state index in [0.717, 1.165) is 60.6 Å². The van der Waals surface area contributed by atoms with Crippen molar-refractivity contribution in [2.75, 3.05) is 13.1 Å². The van der Waals surface area contributed by atoms with Gasteiger partial charge >= 0.3 is 12.2 Å². The normalized spacial score (nSPS) is 14.6. The number of pyridine rings is 1. The van der Waals surface area contributed by atoms with Crippen molar-refractivity contribution >= 4 is 6.03 Å². The summed E-state index contributed by atoms with van der Waals surface area (Å²) in [5, 5.41) is 3.07. The van der Waals surface area contributed by atoms with Gasteiger partial charge in [0.2, 0.25) is 0 Å². The Labute approximate surface area is 237 Å². The molecule has 2 N–H and O–H groups in total. The first-order valence-electron chi connectivity index (χ1n) is 13.7. The lowest BCUT2D eigenvalue weighted by atomic mass is 10.0. The molecule has 2 amide bonds. The maximum absolute atomic E-state index is 13.4. The second-order valence-corrected chi connectivity index (χ2v) is 10.4. The van der Waals surface area contributed by atoms with E-state index in [1.54, 1.807) is 12.4 Å². The summed E-state index contributed by atoms with van der Waals surface area (Å²) in [6, 6.07) is 18.8. The molecule has 0 aliphatic carbocycles. The number of aromatic nitrogens is 3. The molecule has 0 atom stereocenters. The highest BCUT2D eigenvalue weighted by Gasteiger charge is 2.31. The number of likely N-dealkylation sites (tertiary alicyclic amines) is 1. The summed E-state index contributed by atoms with van der Waals surface area (Å²) in [5.74, 6) is 0.556. The van der Waals surface area contributed by atoms with Crippen LogP contribution in [0.15, 0.2) is 79.1 Å². The number of alkyl halides is 3.